The van der Waals surface area contributed by atoms with Gasteiger partial charge in [0.2, 0.25) is 0 Å². The van der Waals surface area contributed by atoms with Gasteiger partial charge in [-0.2, -0.15) is 0 Å². The van der Waals surface area contributed by atoms with Crippen LogP contribution in [0.4, 0.5) is 0 Å². The number of allylic oxidation sites excluding steroid dienone is 2. The van der Waals surface area contributed by atoms with E-state index in [-0.39, 0.29) is 0 Å². The number of hydrogen-bond acceptors (Lipinski definition) is 2. The molecule has 0 heterocycles. The van der Waals surface area contributed by atoms with Gasteiger partial charge in [-0.1, -0.05) is 25.1 Å². The molecule has 1 aliphatic carbocycles. The van der Waals surface area contributed by atoms with Crippen LogP contribution in [-0.2, 0) is 0 Å². The lowest BCUT2D eigenvalue weighted by Crippen LogP contribution is -2.09. The fourth-order valence-electron chi connectivity index (χ4n) is 1.61. The summed E-state index contributed by atoms with van der Waals surface area (Å²) in [5.74, 6) is 0.551. The Hall–Kier alpha value is -0.790. The molecule has 0 aromatic rings. The van der Waals surface area contributed by atoms with Crippen molar-refractivity contribution < 1.29 is 5.21 Å². The molecule has 0 amide bonds. The lowest BCUT2D eigenvalue weighted by molar-refractivity contribution is 0.316. The quantitative estimate of drug-likeness (QED) is 0.472. The van der Waals surface area contributed by atoms with Gasteiger partial charge >= 0.3 is 0 Å². The number of nitrogens with zero attached hydrogens (tertiary/aromatic N) is 1. The Morgan fingerprint density at radius 3 is 2.58 bits per heavy atom. The molecule has 12 heavy (non-hydrogen) atoms. The number of rotatable bonds is 1. The van der Waals surface area contributed by atoms with Crippen LogP contribution in [0.3, 0.4) is 0 Å². The van der Waals surface area contributed by atoms with Gasteiger partial charge in [0.25, 0.3) is 0 Å². The molecular weight excluding hydrogens is 150 g/mol. The molecule has 2 heteroatoms. The monoisotopic (exact) mass is 167 g/mol. The van der Waals surface area contributed by atoms with E-state index >= 15 is 0 Å². The van der Waals surface area contributed by atoms with Crippen LogP contribution in [0.2, 0.25) is 0 Å². The second kappa shape index (κ2) is 4.29. The van der Waals surface area contributed by atoms with Gasteiger partial charge in [0.1, 0.15) is 0 Å². The highest BCUT2D eigenvalue weighted by atomic mass is 16.4. The third kappa shape index (κ3) is 2.36. The van der Waals surface area contributed by atoms with Crippen molar-refractivity contribution in [2.75, 3.05) is 0 Å². The van der Waals surface area contributed by atoms with Crippen LogP contribution in [0, 0.1) is 5.92 Å². The van der Waals surface area contributed by atoms with Crippen molar-refractivity contribution in [1.29, 1.82) is 0 Å². The standard InChI is InChI=1S/C10H17NO/c1-8(2)7-9-5-3-4-6-10(9)11-12/h7-8,12H,3-6H2,1-2H3. The normalized spacial score (nSPS) is 25.6. The molecule has 1 saturated carbocycles. The second-order valence-corrected chi connectivity index (χ2v) is 3.69. The Morgan fingerprint density at radius 2 is 2.00 bits per heavy atom. The van der Waals surface area contributed by atoms with Gasteiger partial charge in [0.05, 0.1) is 5.71 Å². The molecule has 0 aromatic heterocycles. The summed E-state index contributed by atoms with van der Waals surface area (Å²) in [6, 6.07) is 0. The van der Waals surface area contributed by atoms with Gasteiger partial charge in [0.15, 0.2) is 0 Å². The van der Waals surface area contributed by atoms with Crippen molar-refractivity contribution in [3.8, 4) is 0 Å². The Morgan fingerprint density at radius 1 is 1.33 bits per heavy atom. The molecule has 0 unspecified atom stereocenters. The summed E-state index contributed by atoms with van der Waals surface area (Å²) in [5, 5.41) is 12.1. The molecule has 0 radical (unpaired) electrons. The highest BCUT2D eigenvalue weighted by Gasteiger charge is 2.13. The Kier molecular flexibility index (Phi) is 3.32. The fraction of sp³-hybridized carbons (Fsp3) is 0.700. The van der Waals surface area contributed by atoms with Crippen molar-refractivity contribution in [1.82, 2.24) is 0 Å². The van der Waals surface area contributed by atoms with E-state index in [4.69, 9.17) is 5.21 Å². The minimum atomic E-state index is 0.551. The minimum absolute atomic E-state index is 0.551. The SMILES string of the molecule is CC(C)C=C1CCCCC1=NO. The molecule has 0 aromatic carbocycles. The Labute approximate surface area is 74.0 Å². The first-order valence-corrected chi connectivity index (χ1v) is 4.66. The highest BCUT2D eigenvalue weighted by molar-refractivity contribution is 6.00. The summed E-state index contributed by atoms with van der Waals surface area (Å²) in [7, 11) is 0. The first-order valence-electron chi connectivity index (χ1n) is 4.66. The number of hydrogen-bond donors (Lipinski definition) is 1. The van der Waals surface area contributed by atoms with Crippen LogP contribution < -0.4 is 0 Å². The van der Waals surface area contributed by atoms with E-state index in [1.165, 1.54) is 12.0 Å². The molecule has 1 rings (SSSR count). The molecular formula is C10H17NO. The largest absolute Gasteiger partial charge is 0.411 e. The second-order valence-electron chi connectivity index (χ2n) is 3.69. The highest BCUT2D eigenvalue weighted by Crippen LogP contribution is 2.22. The fourth-order valence-corrected chi connectivity index (χ4v) is 1.61. The summed E-state index contributed by atoms with van der Waals surface area (Å²) in [5.41, 5.74) is 2.15. The summed E-state index contributed by atoms with van der Waals surface area (Å²) < 4.78 is 0. The van der Waals surface area contributed by atoms with Crippen molar-refractivity contribution in [2.45, 2.75) is 39.5 Å². The average Bonchev–Trinajstić information content (AvgIpc) is 2.04. The van der Waals surface area contributed by atoms with Crippen LogP contribution in [0.25, 0.3) is 0 Å². The van der Waals surface area contributed by atoms with E-state index in [0.717, 1.165) is 25.0 Å². The predicted molar refractivity (Wildman–Crippen MR) is 50.6 cm³/mol. The van der Waals surface area contributed by atoms with Crippen LogP contribution in [0.15, 0.2) is 16.8 Å². The molecule has 1 aliphatic rings. The predicted octanol–water partition coefficient (Wildman–Crippen LogP) is 2.97. The summed E-state index contributed by atoms with van der Waals surface area (Å²) in [6.07, 6.45) is 6.62. The van der Waals surface area contributed by atoms with E-state index in [9.17, 15) is 0 Å². The van der Waals surface area contributed by atoms with Gasteiger partial charge in [-0.3, -0.25) is 0 Å². The maximum absolute atomic E-state index is 8.72. The molecule has 0 atom stereocenters. The van der Waals surface area contributed by atoms with E-state index in [2.05, 4.69) is 25.1 Å². The third-order valence-electron chi connectivity index (χ3n) is 2.14. The number of oxime groups is 1. The van der Waals surface area contributed by atoms with E-state index < -0.39 is 0 Å². The van der Waals surface area contributed by atoms with Gasteiger partial charge in [-0.15, -0.1) is 0 Å². The maximum Gasteiger partial charge on any atom is 0.0824 e. The van der Waals surface area contributed by atoms with E-state index in [0.29, 0.717) is 5.92 Å². The van der Waals surface area contributed by atoms with Gasteiger partial charge in [-0.25, -0.2) is 0 Å². The average molecular weight is 167 g/mol. The molecule has 2 nitrogen and oxygen atoms in total. The first kappa shape index (κ1) is 9.30. The molecule has 0 bridgehead atoms. The van der Waals surface area contributed by atoms with Crippen molar-refractivity contribution >= 4 is 5.71 Å². The van der Waals surface area contributed by atoms with E-state index in [1.807, 2.05) is 0 Å². The Balaban J connectivity index is 2.72. The summed E-state index contributed by atoms with van der Waals surface area (Å²) in [4.78, 5) is 0. The van der Waals surface area contributed by atoms with Crippen molar-refractivity contribution in [2.24, 2.45) is 11.1 Å². The summed E-state index contributed by atoms with van der Waals surface area (Å²) in [6.45, 7) is 4.30. The zero-order valence-electron chi connectivity index (χ0n) is 7.88. The van der Waals surface area contributed by atoms with Crippen molar-refractivity contribution in [3.63, 3.8) is 0 Å². The van der Waals surface area contributed by atoms with Crippen LogP contribution in [0.5, 0.6) is 0 Å². The van der Waals surface area contributed by atoms with Gasteiger partial charge in [0, 0.05) is 0 Å². The summed E-state index contributed by atoms with van der Waals surface area (Å²) >= 11 is 0. The maximum atomic E-state index is 8.72. The van der Waals surface area contributed by atoms with Gasteiger partial charge in [-0.05, 0) is 37.2 Å². The minimum Gasteiger partial charge on any atom is -0.411 e. The van der Waals surface area contributed by atoms with Crippen LogP contribution >= 0.6 is 0 Å². The molecule has 68 valence electrons. The van der Waals surface area contributed by atoms with Gasteiger partial charge < -0.3 is 5.21 Å². The third-order valence-corrected chi connectivity index (χ3v) is 2.14. The van der Waals surface area contributed by atoms with E-state index in [1.54, 1.807) is 0 Å². The lowest BCUT2D eigenvalue weighted by Gasteiger charge is -2.15. The van der Waals surface area contributed by atoms with Crippen molar-refractivity contribution in [3.05, 3.63) is 11.6 Å². The first-order chi connectivity index (χ1) is 5.74. The smallest absolute Gasteiger partial charge is 0.0824 e. The zero-order valence-corrected chi connectivity index (χ0v) is 7.88. The lowest BCUT2D eigenvalue weighted by atomic mass is 9.91. The molecule has 0 spiro atoms. The topological polar surface area (TPSA) is 32.6 Å². The van der Waals surface area contributed by atoms with Crippen LogP contribution in [0.1, 0.15) is 39.5 Å². The molecule has 0 aliphatic heterocycles. The molecule has 0 saturated heterocycles. The molecule has 1 N–H and O–H groups in total. The zero-order chi connectivity index (χ0) is 8.97. The van der Waals surface area contributed by atoms with Crippen LogP contribution in [-0.4, -0.2) is 10.9 Å². The molecule has 1 fully saturated rings. The Bertz CT molecular complexity index is 204.